The van der Waals surface area contributed by atoms with E-state index in [4.69, 9.17) is 5.84 Å². The summed E-state index contributed by atoms with van der Waals surface area (Å²) in [5, 5.41) is 0. The second-order valence-corrected chi connectivity index (χ2v) is 4.62. The molecule has 96 valence electrons. The number of rotatable bonds is 5. The van der Waals surface area contributed by atoms with Gasteiger partial charge in [0, 0.05) is 31.9 Å². The van der Waals surface area contributed by atoms with Crippen molar-refractivity contribution in [1.82, 2.24) is 15.0 Å². The van der Waals surface area contributed by atoms with E-state index in [1.165, 1.54) is 11.1 Å². The van der Waals surface area contributed by atoms with Gasteiger partial charge < -0.3 is 4.57 Å². The monoisotopic (exact) mass is 244 g/mol. The number of hydrogen-bond acceptors (Lipinski definition) is 3. The molecule has 0 bridgehead atoms. The van der Waals surface area contributed by atoms with Crippen LogP contribution in [0, 0.1) is 6.92 Å². The van der Waals surface area contributed by atoms with Crippen LogP contribution in [-0.4, -0.2) is 9.55 Å². The maximum Gasteiger partial charge on any atom is 0.108 e. The van der Waals surface area contributed by atoms with Crippen molar-refractivity contribution in [2.75, 3.05) is 0 Å². The Balaban J connectivity index is 2.01. The number of imidazole rings is 1. The van der Waals surface area contributed by atoms with Gasteiger partial charge in [0.1, 0.15) is 5.82 Å². The summed E-state index contributed by atoms with van der Waals surface area (Å²) in [7, 11) is 2.01. The topological polar surface area (TPSA) is 55.9 Å². The van der Waals surface area contributed by atoms with E-state index in [1.54, 1.807) is 0 Å². The zero-order valence-electron chi connectivity index (χ0n) is 10.9. The minimum Gasteiger partial charge on any atom is -0.338 e. The molecule has 0 radical (unpaired) electrons. The van der Waals surface area contributed by atoms with Gasteiger partial charge in [0.25, 0.3) is 0 Å². The lowest BCUT2D eigenvalue weighted by Gasteiger charge is -2.16. The van der Waals surface area contributed by atoms with Gasteiger partial charge in [-0.25, -0.2) is 4.98 Å². The number of nitrogens with two attached hydrogens (primary N) is 1. The van der Waals surface area contributed by atoms with Crippen LogP contribution in [0.15, 0.2) is 36.7 Å². The number of hydrazine groups is 1. The van der Waals surface area contributed by atoms with E-state index in [0.29, 0.717) is 0 Å². The molecule has 0 aliphatic carbocycles. The highest BCUT2D eigenvalue weighted by Crippen LogP contribution is 2.18. The normalized spacial score (nSPS) is 12.6. The number of nitrogens with zero attached hydrogens (tertiary/aromatic N) is 2. The molecule has 2 rings (SSSR count). The Morgan fingerprint density at radius 2 is 2.06 bits per heavy atom. The maximum atomic E-state index is 5.64. The molecule has 0 saturated carbocycles. The lowest BCUT2D eigenvalue weighted by atomic mass is 10.0. The molecule has 1 aromatic carbocycles. The second-order valence-electron chi connectivity index (χ2n) is 4.62. The molecule has 4 heteroatoms. The second kappa shape index (κ2) is 5.80. The van der Waals surface area contributed by atoms with Crippen molar-refractivity contribution in [3.8, 4) is 0 Å². The van der Waals surface area contributed by atoms with Crippen LogP contribution < -0.4 is 11.3 Å². The van der Waals surface area contributed by atoms with Gasteiger partial charge in [0.05, 0.1) is 0 Å². The first-order valence-corrected chi connectivity index (χ1v) is 6.19. The van der Waals surface area contributed by atoms with Crippen LogP contribution in [0.25, 0.3) is 0 Å². The van der Waals surface area contributed by atoms with E-state index >= 15 is 0 Å². The highest BCUT2D eigenvalue weighted by Gasteiger charge is 2.10. The smallest absolute Gasteiger partial charge is 0.108 e. The molecule has 1 aromatic heterocycles. The van der Waals surface area contributed by atoms with Crippen LogP contribution in [0.2, 0.25) is 0 Å². The van der Waals surface area contributed by atoms with E-state index in [2.05, 4.69) is 41.6 Å². The third kappa shape index (κ3) is 2.97. The minimum absolute atomic E-state index is 0.169. The van der Waals surface area contributed by atoms with Crippen molar-refractivity contribution in [3.63, 3.8) is 0 Å². The number of hydrogen-bond donors (Lipinski definition) is 2. The first-order valence-electron chi connectivity index (χ1n) is 6.19. The summed E-state index contributed by atoms with van der Waals surface area (Å²) in [6.45, 7) is 2.09. The molecule has 1 heterocycles. The zero-order chi connectivity index (χ0) is 13.0. The average molecular weight is 244 g/mol. The Hall–Kier alpha value is -1.65. The van der Waals surface area contributed by atoms with Crippen molar-refractivity contribution in [2.24, 2.45) is 12.9 Å². The van der Waals surface area contributed by atoms with E-state index in [-0.39, 0.29) is 6.04 Å². The fraction of sp³-hybridized carbons (Fsp3) is 0.357. The Morgan fingerprint density at radius 3 is 2.61 bits per heavy atom. The molecule has 0 amide bonds. The molecular weight excluding hydrogens is 224 g/mol. The summed E-state index contributed by atoms with van der Waals surface area (Å²) in [6.07, 6.45) is 5.63. The Labute approximate surface area is 108 Å². The van der Waals surface area contributed by atoms with Crippen LogP contribution >= 0.6 is 0 Å². The lowest BCUT2D eigenvalue weighted by molar-refractivity contribution is 0.506. The average Bonchev–Trinajstić information content (AvgIpc) is 2.78. The number of aryl methyl sites for hydroxylation is 3. The van der Waals surface area contributed by atoms with E-state index in [0.717, 1.165) is 18.7 Å². The molecule has 1 unspecified atom stereocenters. The fourth-order valence-electron chi connectivity index (χ4n) is 2.06. The molecule has 0 spiro atoms. The van der Waals surface area contributed by atoms with Gasteiger partial charge in [-0.3, -0.25) is 11.3 Å². The highest BCUT2D eigenvalue weighted by atomic mass is 15.2. The van der Waals surface area contributed by atoms with Gasteiger partial charge in [-0.1, -0.05) is 29.8 Å². The van der Waals surface area contributed by atoms with Crippen molar-refractivity contribution < 1.29 is 0 Å². The summed E-state index contributed by atoms with van der Waals surface area (Å²) in [5.41, 5.74) is 5.37. The predicted molar refractivity (Wildman–Crippen MR) is 72.8 cm³/mol. The minimum atomic E-state index is 0.169. The van der Waals surface area contributed by atoms with Crippen molar-refractivity contribution in [2.45, 2.75) is 25.8 Å². The number of benzene rings is 1. The third-order valence-electron chi connectivity index (χ3n) is 3.26. The Morgan fingerprint density at radius 1 is 1.33 bits per heavy atom. The van der Waals surface area contributed by atoms with Gasteiger partial charge in [0.2, 0.25) is 0 Å². The summed E-state index contributed by atoms with van der Waals surface area (Å²) >= 11 is 0. The van der Waals surface area contributed by atoms with Crippen molar-refractivity contribution in [3.05, 3.63) is 53.6 Å². The summed E-state index contributed by atoms with van der Waals surface area (Å²) in [5.74, 6) is 6.73. The molecule has 0 saturated heterocycles. The molecule has 3 N–H and O–H groups in total. The van der Waals surface area contributed by atoms with Gasteiger partial charge in [-0.15, -0.1) is 0 Å². The highest BCUT2D eigenvalue weighted by molar-refractivity contribution is 5.24. The predicted octanol–water partition coefficient (Wildman–Crippen LogP) is 1.87. The first-order chi connectivity index (χ1) is 8.70. The SMILES string of the molecule is Cc1ccc(C(CCc2nccn2C)NN)cc1. The Bertz CT molecular complexity index is 487. The third-order valence-corrected chi connectivity index (χ3v) is 3.26. The quantitative estimate of drug-likeness (QED) is 0.623. The lowest BCUT2D eigenvalue weighted by Crippen LogP contribution is -2.28. The molecule has 0 aliphatic heterocycles. The van der Waals surface area contributed by atoms with Crippen LogP contribution in [0.1, 0.15) is 29.4 Å². The van der Waals surface area contributed by atoms with Gasteiger partial charge in [0.15, 0.2) is 0 Å². The molecular formula is C14H20N4. The number of aromatic nitrogens is 2. The van der Waals surface area contributed by atoms with E-state index in [1.807, 2.05) is 24.0 Å². The van der Waals surface area contributed by atoms with Gasteiger partial charge in [-0.2, -0.15) is 0 Å². The molecule has 2 aromatic rings. The summed E-state index contributed by atoms with van der Waals surface area (Å²) in [6, 6.07) is 8.64. The number of nitrogens with one attached hydrogen (secondary N) is 1. The van der Waals surface area contributed by atoms with Crippen LogP contribution in [0.3, 0.4) is 0 Å². The van der Waals surface area contributed by atoms with Crippen LogP contribution in [0.4, 0.5) is 0 Å². The van der Waals surface area contributed by atoms with Crippen LogP contribution in [0.5, 0.6) is 0 Å². The van der Waals surface area contributed by atoms with Gasteiger partial charge in [-0.05, 0) is 18.9 Å². The molecule has 18 heavy (non-hydrogen) atoms. The van der Waals surface area contributed by atoms with Crippen LogP contribution in [-0.2, 0) is 13.5 Å². The Kier molecular flexibility index (Phi) is 4.12. The molecule has 0 aliphatic rings. The molecule has 4 nitrogen and oxygen atoms in total. The molecule has 0 fully saturated rings. The summed E-state index contributed by atoms with van der Waals surface area (Å²) in [4.78, 5) is 4.32. The summed E-state index contributed by atoms with van der Waals surface area (Å²) < 4.78 is 2.04. The fourth-order valence-corrected chi connectivity index (χ4v) is 2.06. The standard InChI is InChI=1S/C14H20N4/c1-11-3-5-12(6-4-11)13(17-15)7-8-14-16-9-10-18(14)2/h3-6,9-10,13,17H,7-8,15H2,1-2H3. The van der Waals surface area contributed by atoms with Crippen molar-refractivity contribution in [1.29, 1.82) is 0 Å². The van der Waals surface area contributed by atoms with Crippen molar-refractivity contribution >= 4 is 0 Å². The maximum absolute atomic E-state index is 5.64. The largest absolute Gasteiger partial charge is 0.338 e. The molecule has 1 atom stereocenters. The zero-order valence-corrected chi connectivity index (χ0v) is 10.9. The first kappa shape index (κ1) is 12.8. The van der Waals surface area contributed by atoms with E-state index < -0.39 is 0 Å². The van der Waals surface area contributed by atoms with E-state index in [9.17, 15) is 0 Å². The van der Waals surface area contributed by atoms with Gasteiger partial charge >= 0.3 is 0 Å².